The Morgan fingerprint density at radius 3 is 2.50 bits per heavy atom. The van der Waals surface area contributed by atoms with E-state index in [0.29, 0.717) is 5.56 Å². The van der Waals surface area contributed by atoms with E-state index in [4.69, 9.17) is 4.74 Å². The molecule has 0 spiro atoms. The van der Waals surface area contributed by atoms with Crippen molar-refractivity contribution in [3.63, 3.8) is 0 Å². The molecule has 18 heavy (non-hydrogen) atoms. The van der Waals surface area contributed by atoms with Gasteiger partial charge in [0.2, 0.25) is 0 Å². The fourth-order valence-electron chi connectivity index (χ4n) is 1.94. The lowest BCUT2D eigenvalue weighted by molar-refractivity contribution is 0.0600. The molecule has 3 nitrogen and oxygen atoms in total. The van der Waals surface area contributed by atoms with E-state index >= 15 is 0 Å². The number of pyridine rings is 1. The third-order valence-electron chi connectivity index (χ3n) is 2.90. The van der Waals surface area contributed by atoms with Crippen LogP contribution in [0, 0.1) is 13.8 Å². The number of carbonyl (C=O) groups is 1. The molecule has 1 aromatic carbocycles. The van der Waals surface area contributed by atoms with Gasteiger partial charge in [-0.2, -0.15) is 0 Å². The summed E-state index contributed by atoms with van der Waals surface area (Å²) in [6.07, 6.45) is 0. The second-order valence-corrected chi connectivity index (χ2v) is 4.13. The molecule has 0 aliphatic carbocycles. The van der Waals surface area contributed by atoms with Crippen LogP contribution in [0.5, 0.6) is 0 Å². The predicted molar refractivity (Wildman–Crippen MR) is 70.5 cm³/mol. The summed E-state index contributed by atoms with van der Waals surface area (Å²) < 4.78 is 4.77. The Labute approximate surface area is 106 Å². The third kappa shape index (κ3) is 2.25. The van der Waals surface area contributed by atoms with E-state index in [1.807, 2.05) is 44.2 Å². The van der Waals surface area contributed by atoms with E-state index in [1.165, 1.54) is 7.11 Å². The number of esters is 1. The highest BCUT2D eigenvalue weighted by Crippen LogP contribution is 2.24. The maximum absolute atomic E-state index is 11.6. The fraction of sp³-hybridized carbons (Fsp3) is 0.200. The van der Waals surface area contributed by atoms with Gasteiger partial charge in [-0.1, -0.05) is 18.2 Å². The highest BCUT2D eigenvalue weighted by Gasteiger charge is 2.13. The Morgan fingerprint density at radius 2 is 1.83 bits per heavy atom. The molecule has 0 aliphatic rings. The molecule has 0 radical (unpaired) electrons. The van der Waals surface area contributed by atoms with Gasteiger partial charge < -0.3 is 4.74 Å². The van der Waals surface area contributed by atoms with Crippen LogP contribution in [0.2, 0.25) is 0 Å². The molecule has 92 valence electrons. The first-order valence-electron chi connectivity index (χ1n) is 5.75. The average molecular weight is 241 g/mol. The molecule has 0 saturated carbocycles. The molecule has 1 aromatic heterocycles. The average Bonchev–Trinajstić information content (AvgIpc) is 2.38. The molecule has 2 aromatic rings. The van der Waals surface area contributed by atoms with Gasteiger partial charge in [-0.25, -0.2) is 4.79 Å². The van der Waals surface area contributed by atoms with Crippen LogP contribution in [-0.2, 0) is 4.74 Å². The lowest BCUT2D eigenvalue weighted by atomic mass is 9.99. The minimum atomic E-state index is -0.318. The van der Waals surface area contributed by atoms with Crippen molar-refractivity contribution >= 4 is 5.97 Å². The Morgan fingerprint density at radius 1 is 1.11 bits per heavy atom. The van der Waals surface area contributed by atoms with E-state index < -0.39 is 0 Å². The van der Waals surface area contributed by atoms with Gasteiger partial charge in [-0.05, 0) is 37.6 Å². The Kier molecular flexibility index (Phi) is 3.42. The quantitative estimate of drug-likeness (QED) is 0.758. The van der Waals surface area contributed by atoms with Gasteiger partial charge in [0.25, 0.3) is 0 Å². The first-order chi connectivity index (χ1) is 8.63. The molecule has 2 rings (SSSR count). The van der Waals surface area contributed by atoms with Crippen molar-refractivity contribution in [2.75, 3.05) is 7.11 Å². The summed E-state index contributed by atoms with van der Waals surface area (Å²) in [6.45, 7) is 3.86. The number of hydrogen-bond donors (Lipinski definition) is 0. The molecule has 3 heteroatoms. The van der Waals surface area contributed by atoms with Gasteiger partial charge >= 0.3 is 5.97 Å². The van der Waals surface area contributed by atoms with Crippen molar-refractivity contribution in [3.05, 3.63) is 53.2 Å². The molecule has 0 unspecified atom stereocenters. The van der Waals surface area contributed by atoms with Crippen molar-refractivity contribution in [2.24, 2.45) is 0 Å². The number of carbonyl (C=O) groups excluding carboxylic acids is 1. The largest absolute Gasteiger partial charge is 0.465 e. The number of hydrogen-bond acceptors (Lipinski definition) is 3. The SMILES string of the molecule is COC(=O)c1cccc(-c2cccc(C)n2)c1C. The monoisotopic (exact) mass is 241 g/mol. The number of ether oxygens (including phenoxy) is 1. The van der Waals surface area contributed by atoms with Crippen LogP contribution in [0.15, 0.2) is 36.4 Å². The van der Waals surface area contributed by atoms with Gasteiger partial charge in [-0.15, -0.1) is 0 Å². The van der Waals surface area contributed by atoms with Crippen molar-refractivity contribution in [1.82, 2.24) is 4.98 Å². The van der Waals surface area contributed by atoms with E-state index in [9.17, 15) is 4.79 Å². The zero-order valence-corrected chi connectivity index (χ0v) is 10.7. The van der Waals surface area contributed by atoms with Crippen molar-refractivity contribution < 1.29 is 9.53 Å². The Bertz CT molecular complexity index is 591. The molecule has 0 amide bonds. The predicted octanol–water partition coefficient (Wildman–Crippen LogP) is 3.15. The topological polar surface area (TPSA) is 39.2 Å². The van der Waals surface area contributed by atoms with Gasteiger partial charge in [0.15, 0.2) is 0 Å². The number of methoxy groups -OCH3 is 1. The number of benzene rings is 1. The Balaban J connectivity index is 2.56. The van der Waals surface area contributed by atoms with Gasteiger partial charge in [-0.3, -0.25) is 4.98 Å². The molecule has 0 saturated heterocycles. The van der Waals surface area contributed by atoms with Gasteiger partial charge in [0, 0.05) is 11.3 Å². The second kappa shape index (κ2) is 5.00. The minimum absolute atomic E-state index is 0.318. The van der Waals surface area contributed by atoms with Crippen molar-refractivity contribution in [3.8, 4) is 11.3 Å². The summed E-state index contributed by atoms with van der Waals surface area (Å²) in [4.78, 5) is 16.1. The summed E-state index contributed by atoms with van der Waals surface area (Å²) >= 11 is 0. The van der Waals surface area contributed by atoms with Crippen LogP contribution in [0.4, 0.5) is 0 Å². The smallest absolute Gasteiger partial charge is 0.338 e. The molecular formula is C15H15NO2. The van der Waals surface area contributed by atoms with Crippen LogP contribution in [0.3, 0.4) is 0 Å². The number of aryl methyl sites for hydroxylation is 1. The molecule has 0 aliphatic heterocycles. The van der Waals surface area contributed by atoms with Gasteiger partial charge in [0.1, 0.15) is 0 Å². The first-order valence-corrected chi connectivity index (χ1v) is 5.75. The first kappa shape index (κ1) is 12.3. The normalized spacial score (nSPS) is 10.2. The molecule has 0 bridgehead atoms. The maximum atomic E-state index is 11.6. The van der Waals surface area contributed by atoms with E-state index in [0.717, 1.165) is 22.5 Å². The third-order valence-corrected chi connectivity index (χ3v) is 2.90. The maximum Gasteiger partial charge on any atom is 0.338 e. The molecule has 0 atom stereocenters. The molecular weight excluding hydrogens is 226 g/mol. The summed E-state index contributed by atoms with van der Waals surface area (Å²) in [5, 5.41) is 0. The molecule has 0 fully saturated rings. The van der Waals surface area contributed by atoms with Crippen molar-refractivity contribution in [2.45, 2.75) is 13.8 Å². The van der Waals surface area contributed by atoms with Gasteiger partial charge in [0.05, 0.1) is 18.4 Å². The molecule has 0 N–H and O–H groups in total. The van der Waals surface area contributed by atoms with Crippen LogP contribution < -0.4 is 0 Å². The van der Waals surface area contributed by atoms with E-state index in [2.05, 4.69) is 4.98 Å². The second-order valence-electron chi connectivity index (χ2n) is 4.13. The van der Waals surface area contributed by atoms with E-state index in [1.54, 1.807) is 6.07 Å². The fourth-order valence-corrected chi connectivity index (χ4v) is 1.94. The summed E-state index contributed by atoms with van der Waals surface area (Å²) in [7, 11) is 1.39. The van der Waals surface area contributed by atoms with Crippen LogP contribution in [-0.4, -0.2) is 18.1 Å². The summed E-state index contributed by atoms with van der Waals surface area (Å²) in [5.74, 6) is -0.318. The number of rotatable bonds is 2. The van der Waals surface area contributed by atoms with Crippen LogP contribution in [0.25, 0.3) is 11.3 Å². The van der Waals surface area contributed by atoms with Crippen molar-refractivity contribution in [1.29, 1.82) is 0 Å². The van der Waals surface area contributed by atoms with E-state index in [-0.39, 0.29) is 5.97 Å². The summed E-state index contributed by atoms with van der Waals surface area (Å²) in [5.41, 5.74) is 4.26. The Hall–Kier alpha value is -2.16. The lowest BCUT2D eigenvalue weighted by Crippen LogP contribution is -2.04. The zero-order chi connectivity index (χ0) is 13.1. The standard InChI is InChI=1S/C15H15NO2/c1-10-6-4-9-14(16-10)12-7-5-8-13(11(12)2)15(17)18-3/h4-9H,1-3H3. The highest BCUT2D eigenvalue weighted by atomic mass is 16.5. The number of aromatic nitrogens is 1. The highest BCUT2D eigenvalue weighted by molar-refractivity contribution is 5.93. The van der Waals surface area contributed by atoms with Crippen LogP contribution in [0.1, 0.15) is 21.6 Å². The minimum Gasteiger partial charge on any atom is -0.465 e. The number of nitrogens with zero attached hydrogens (tertiary/aromatic N) is 1. The van der Waals surface area contributed by atoms with Crippen LogP contribution >= 0.6 is 0 Å². The zero-order valence-electron chi connectivity index (χ0n) is 10.7. The molecule has 1 heterocycles. The lowest BCUT2D eigenvalue weighted by Gasteiger charge is -2.09. The summed E-state index contributed by atoms with van der Waals surface area (Å²) in [6, 6.07) is 11.4.